The molecule has 0 aliphatic carbocycles. The minimum absolute atomic E-state index is 0.288. The van der Waals surface area contributed by atoms with Crippen molar-refractivity contribution in [2.45, 2.75) is 47.1 Å². The zero-order valence-electron chi connectivity index (χ0n) is 17.3. The minimum Gasteiger partial charge on any atom is -0.464 e. The predicted molar refractivity (Wildman–Crippen MR) is 114 cm³/mol. The lowest BCUT2D eigenvalue weighted by Gasteiger charge is -2.17. The Morgan fingerprint density at radius 1 is 1.21 bits per heavy atom. The Morgan fingerprint density at radius 2 is 1.86 bits per heavy atom. The topological polar surface area (TPSA) is 61.2 Å². The molecule has 1 atom stereocenters. The van der Waals surface area contributed by atoms with Gasteiger partial charge in [0, 0.05) is 10.4 Å². The molecule has 2 heterocycles. The van der Waals surface area contributed by atoms with Gasteiger partial charge >= 0.3 is 5.97 Å². The average Bonchev–Trinajstić information content (AvgIpc) is 2.97. The molecule has 5 nitrogen and oxygen atoms in total. The van der Waals surface area contributed by atoms with E-state index in [1.54, 1.807) is 26.0 Å². The van der Waals surface area contributed by atoms with E-state index in [0.29, 0.717) is 28.6 Å². The van der Waals surface area contributed by atoms with Gasteiger partial charge in [-0.15, -0.1) is 11.3 Å². The highest BCUT2D eigenvalue weighted by Gasteiger charge is 2.24. The Balaban J connectivity index is 2.08. The van der Waals surface area contributed by atoms with Crippen LogP contribution >= 0.6 is 11.3 Å². The SMILES string of the molecule is Cc1sc2nc(C)n(C(C)C(=O)OCCC(C)C)c(=O)c2c1-c1ccc(F)cc1. The van der Waals surface area contributed by atoms with Crippen molar-refractivity contribution in [3.63, 3.8) is 0 Å². The molecule has 1 unspecified atom stereocenters. The third kappa shape index (κ3) is 4.24. The van der Waals surface area contributed by atoms with Crippen molar-refractivity contribution < 1.29 is 13.9 Å². The maximum Gasteiger partial charge on any atom is 0.329 e. The monoisotopic (exact) mass is 416 g/mol. The Bertz CT molecular complexity index is 1100. The lowest BCUT2D eigenvalue weighted by molar-refractivity contribution is -0.147. The first-order chi connectivity index (χ1) is 13.7. The van der Waals surface area contributed by atoms with E-state index in [1.165, 1.54) is 28.0 Å². The number of halogens is 1. The van der Waals surface area contributed by atoms with Gasteiger partial charge in [0.1, 0.15) is 22.5 Å². The summed E-state index contributed by atoms with van der Waals surface area (Å²) in [5.74, 6) is 0.0951. The molecule has 0 spiro atoms. The summed E-state index contributed by atoms with van der Waals surface area (Å²) in [6.07, 6.45) is 0.766. The summed E-state index contributed by atoms with van der Waals surface area (Å²) in [6.45, 7) is 9.71. The third-order valence-electron chi connectivity index (χ3n) is 4.91. The Morgan fingerprint density at radius 3 is 2.48 bits per heavy atom. The molecule has 3 rings (SSSR count). The molecular formula is C22H25FN2O3S. The van der Waals surface area contributed by atoms with E-state index in [2.05, 4.69) is 18.8 Å². The number of rotatable bonds is 6. The fraction of sp³-hybridized carbons (Fsp3) is 0.409. The number of thiophene rings is 1. The largest absolute Gasteiger partial charge is 0.464 e. The number of ether oxygens (including phenoxy) is 1. The van der Waals surface area contributed by atoms with Gasteiger partial charge in [-0.25, -0.2) is 14.2 Å². The van der Waals surface area contributed by atoms with Crippen LogP contribution in [0.3, 0.4) is 0 Å². The van der Waals surface area contributed by atoms with Crippen molar-refractivity contribution in [1.82, 2.24) is 9.55 Å². The fourth-order valence-electron chi connectivity index (χ4n) is 3.32. The standard InChI is InChI=1S/C22H25FN2O3S/c1-12(2)10-11-28-22(27)13(3)25-15(5)24-20-19(21(25)26)18(14(4)29-20)16-6-8-17(23)9-7-16/h6-9,12-13H,10-11H2,1-5H3. The molecule has 0 N–H and O–H groups in total. The summed E-state index contributed by atoms with van der Waals surface area (Å²) in [7, 11) is 0. The maximum absolute atomic E-state index is 13.4. The number of esters is 1. The summed E-state index contributed by atoms with van der Waals surface area (Å²) in [5, 5.41) is 0.450. The van der Waals surface area contributed by atoms with Crippen LogP contribution in [-0.2, 0) is 9.53 Å². The molecule has 0 amide bonds. The van der Waals surface area contributed by atoms with E-state index in [0.717, 1.165) is 22.4 Å². The second kappa shape index (κ2) is 8.45. The van der Waals surface area contributed by atoms with Crippen LogP contribution in [0.25, 0.3) is 21.3 Å². The molecule has 1 aromatic carbocycles. The van der Waals surface area contributed by atoms with Crippen molar-refractivity contribution in [1.29, 1.82) is 0 Å². The number of hydrogen-bond acceptors (Lipinski definition) is 5. The third-order valence-corrected chi connectivity index (χ3v) is 5.91. The fourth-order valence-corrected chi connectivity index (χ4v) is 4.40. The Labute approximate surface area is 173 Å². The molecule has 0 saturated heterocycles. The summed E-state index contributed by atoms with van der Waals surface area (Å²) >= 11 is 1.42. The minimum atomic E-state index is -0.784. The summed E-state index contributed by atoms with van der Waals surface area (Å²) in [4.78, 5) is 32.0. The number of hydrogen-bond donors (Lipinski definition) is 0. The average molecular weight is 417 g/mol. The molecular weight excluding hydrogens is 391 g/mol. The first-order valence-corrected chi connectivity index (χ1v) is 10.5. The molecule has 154 valence electrons. The van der Waals surface area contributed by atoms with Gasteiger partial charge in [-0.2, -0.15) is 0 Å². The molecule has 0 aliphatic rings. The van der Waals surface area contributed by atoms with Gasteiger partial charge in [-0.05, 0) is 50.8 Å². The lowest BCUT2D eigenvalue weighted by Crippen LogP contribution is -2.32. The van der Waals surface area contributed by atoms with Crippen LogP contribution in [0.15, 0.2) is 29.1 Å². The lowest BCUT2D eigenvalue weighted by atomic mass is 10.0. The zero-order valence-corrected chi connectivity index (χ0v) is 18.1. The molecule has 0 aliphatic heterocycles. The zero-order chi connectivity index (χ0) is 21.3. The molecule has 0 saturated carbocycles. The number of nitrogens with zero attached hydrogens (tertiary/aromatic N) is 2. The van der Waals surface area contributed by atoms with Crippen LogP contribution in [0.1, 0.15) is 43.9 Å². The second-order valence-corrected chi connectivity index (χ2v) is 8.78. The molecule has 7 heteroatoms. The number of fused-ring (bicyclic) bond motifs is 1. The second-order valence-electron chi connectivity index (χ2n) is 7.58. The smallest absolute Gasteiger partial charge is 0.329 e. The Hall–Kier alpha value is -2.54. The van der Waals surface area contributed by atoms with Gasteiger partial charge in [0.2, 0.25) is 0 Å². The van der Waals surface area contributed by atoms with Crippen molar-refractivity contribution in [3.05, 3.63) is 51.1 Å². The van der Waals surface area contributed by atoms with Crippen LogP contribution in [0.4, 0.5) is 4.39 Å². The summed E-state index contributed by atoms with van der Waals surface area (Å²) in [6, 6.07) is 5.25. The van der Waals surface area contributed by atoms with Gasteiger partial charge in [0.15, 0.2) is 0 Å². The van der Waals surface area contributed by atoms with Crippen LogP contribution < -0.4 is 5.56 Å². The van der Waals surface area contributed by atoms with E-state index in [-0.39, 0.29) is 11.4 Å². The van der Waals surface area contributed by atoms with Crippen molar-refractivity contribution in [2.75, 3.05) is 6.61 Å². The highest BCUT2D eigenvalue weighted by molar-refractivity contribution is 7.19. The number of carbonyl (C=O) groups excluding carboxylic acids is 1. The van der Waals surface area contributed by atoms with Crippen LogP contribution in [0.5, 0.6) is 0 Å². The quantitative estimate of drug-likeness (QED) is 0.529. The first-order valence-electron chi connectivity index (χ1n) is 9.65. The molecule has 0 fully saturated rings. The number of carbonyl (C=O) groups is 1. The van der Waals surface area contributed by atoms with Crippen molar-refractivity contribution >= 4 is 27.5 Å². The molecule has 0 bridgehead atoms. The van der Waals surface area contributed by atoms with E-state index in [4.69, 9.17) is 4.74 Å². The molecule has 0 radical (unpaired) electrons. The number of aromatic nitrogens is 2. The number of benzene rings is 1. The van der Waals surface area contributed by atoms with Gasteiger partial charge in [0.05, 0.1) is 12.0 Å². The molecule has 29 heavy (non-hydrogen) atoms. The van der Waals surface area contributed by atoms with E-state index < -0.39 is 12.0 Å². The first kappa shape index (κ1) is 21.2. The van der Waals surface area contributed by atoms with Crippen molar-refractivity contribution in [2.24, 2.45) is 5.92 Å². The van der Waals surface area contributed by atoms with Gasteiger partial charge < -0.3 is 4.74 Å². The summed E-state index contributed by atoms with van der Waals surface area (Å²) in [5.41, 5.74) is 1.19. The summed E-state index contributed by atoms with van der Waals surface area (Å²) < 4.78 is 20.1. The van der Waals surface area contributed by atoms with Gasteiger partial charge in [-0.3, -0.25) is 9.36 Å². The van der Waals surface area contributed by atoms with Crippen LogP contribution in [0, 0.1) is 25.6 Å². The van der Waals surface area contributed by atoms with E-state index >= 15 is 0 Å². The van der Waals surface area contributed by atoms with Crippen molar-refractivity contribution in [3.8, 4) is 11.1 Å². The maximum atomic E-state index is 13.4. The van der Waals surface area contributed by atoms with Gasteiger partial charge in [-0.1, -0.05) is 26.0 Å². The predicted octanol–water partition coefficient (Wildman–Crippen LogP) is 5.03. The van der Waals surface area contributed by atoms with Crippen LogP contribution in [0.2, 0.25) is 0 Å². The Kier molecular flexibility index (Phi) is 6.17. The van der Waals surface area contributed by atoms with Crippen LogP contribution in [-0.4, -0.2) is 22.1 Å². The normalized spacial score (nSPS) is 12.5. The highest BCUT2D eigenvalue weighted by atomic mass is 32.1. The molecule has 2 aromatic heterocycles. The highest BCUT2D eigenvalue weighted by Crippen LogP contribution is 2.36. The van der Waals surface area contributed by atoms with E-state index in [1.807, 2.05) is 6.92 Å². The van der Waals surface area contributed by atoms with Gasteiger partial charge in [0.25, 0.3) is 5.56 Å². The molecule has 3 aromatic rings. The number of aryl methyl sites for hydroxylation is 2. The van der Waals surface area contributed by atoms with E-state index in [9.17, 15) is 14.0 Å².